The number of Topliss-reactive ketones (excluding diaryl/α,β-unsaturated/α-hetero) is 1. The molecule has 0 aromatic heterocycles. The molecule has 0 saturated carbocycles. The molecule has 2 aromatic rings. The van der Waals surface area contributed by atoms with Crippen molar-refractivity contribution in [1.82, 2.24) is 15.1 Å². The van der Waals surface area contributed by atoms with Crippen molar-refractivity contribution in [2.75, 3.05) is 51.7 Å². The SMILES string of the molecule is COc1cc(OC)c(C(=O)CCCCN2CCC3(CC2)NC(=O)N(CC(O)CO)C3=O)cc1NS(=O)(=O)c1ccc(C(F)(F)F)cc1. The molecule has 1 atom stereocenters. The third-order valence-electron chi connectivity index (χ3n) is 8.25. The van der Waals surface area contributed by atoms with E-state index in [1.165, 1.54) is 26.4 Å². The van der Waals surface area contributed by atoms with Gasteiger partial charge in [-0.15, -0.1) is 0 Å². The minimum atomic E-state index is -4.63. The normalized spacial score (nSPS) is 17.5. The number of anilines is 1. The molecule has 4 rings (SSSR count). The maximum absolute atomic E-state index is 13.2. The highest BCUT2D eigenvalue weighted by Crippen LogP contribution is 2.36. The standard InChI is InChI=1S/C30H37F3N4O9S/c1-45-25-16-26(46-2)23(35-47(43,44)21-8-6-19(7-9-21)30(31,32)33)15-22(25)24(40)5-3-4-12-36-13-10-29(11-14-36)27(41)37(28(42)34-29)17-20(39)18-38/h6-9,15-16,20,35,38-39H,3-5,10-14,17-18H2,1-2H3,(H,34,42). The number of ketones is 1. The van der Waals surface area contributed by atoms with Gasteiger partial charge in [-0.1, -0.05) is 0 Å². The van der Waals surface area contributed by atoms with Gasteiger partial charge in [0.2, 0.25) is 0 Å². The summed E-state index contributed by atoms with van der Waals surface area (Å²) in [6, 6.07) is 4.98. The van der Waals surface area contributed by atoms with Crippen LogP contribution in [0.1, 0.15) is 48.0 Å². The number of aliphatic hydroxyl groups is 2. The van der Waals surface area contributed by atoms with E-state index in [0.717, 1.165) is 17.0 Å². The Hall–Kier alpha value is -3.93. The number of carbonyl (C=O) groups is 3. The first-order valence-corrected chi connectivity index (χ1v) is 16.3. The largest absolute Gasteiger partial charge is 0.496 e. The number of nitrogens with one attached hydrogen (secondary N) is 2. The number of hydrogen-bond acceptors (Lipinski definition) is 10. The van der Waals surface area contributed by atoms with E-state index < -0.39 is 56.8 Å². The number of ether oxygens (including phenoxy) is 2. The lowest BCUT2D eigenvalue weighted by atomic mass is 9.87. The number of methoxy groups -OCH3 is 2. The lowest BCUT2D eigenvalue weighted by molar-refractivity contribution is -0.137. The zero-order valence-corrected chi connectivity index (χ0v) is 26.6. The van der Waals surface area contributed by atoms with Gasteiger partial charge in [0.15, 0.2) is 5.78 Å². The summed E-state index contributed by atoms with van der Waals surface area (Å²) in [6.45, 7) is 0.802. The summed E-state index contributed by atoms with van der Waals surface area (Å²) in [6.07, 6.45) is -3.91. The Morgan fingerprint density at radius 1 is 1.06 bits per heavy atom. The molecule has 4 N–H and O–H groups in total. The Balaban J connectivity index is 1.34. The second kappa shape index (κ2) is 14.5. The van der Waals surface area contributed by atoms with E-state index in [-0.39, 0.29) is 41.5 Å². The monoisotopic (exact) mass is 686 g/mol. The van der Waals surface area contributed by atoms with Crippen molar-refractivity contribution in [1.29, 1.82) is 0 Å². The van der Waals surface area contributed by atoms with Gasteiger partial charge in [-0.05, 0) is 62.6 Å². The topological polar surface area (TPSA) is 175 Å². The number of aliphatic hydroxyl groups excluding tert-OH is 2. The van der Waals surface area contributed by atoms with Gasteiger partial charge in [-0.3, -0.25) is 19.2 Å². The smallest absolute Gasteiger partial charge is 0.416 e. The van der Waals surface area contributed by atoms with E-state index in [1.54, 1.807) is 0 Å². The summed E-state index contributed by atoms with van der Waals surface area (Å²) in [4.78, 5) is 41.1. The molecule has 2 aromatic carbocycles. The number of unbranched alkanes of at least 4 members (excludes halogenated alkanes) is 1. The second-order valence-corrected chi connectivity index (χ2v) is 13.0. The summed E-state index contributed by atoms with van der Waals surface area (Å²) in [5.74, 6) is -0.577. The Bertz CT molecular complexity index is 1580. The van der Waals surface area contributed by atoms with Crippen molar-refractivity contribution in [2.45, 2.75) is 54.8 Å². The first kappa shape index (κ1) is 35.9. The first-order valence-electron chi connectivity index (χ1n) is 14.8. The Kier molecular flexibility index (Phi) is 11.0. The van der Waals surface area contributed by atoms with Crippen molar-refractivity contribution in [2.24, 2.45) is 0 Å². The number of piperidine rings is 1. The van der Waals surface area contributed by atoms with E-state index >= 15 is 0 Å². The van der Waals surface area contributed by atoms with Crippen LogP contribution in [0.2, 0.25) is 0 Å². The van der Waals surface area contributed by atoms with Crippen molar-refractivity contribution in [3.63, 3.8) is 0 Å². The van der Waals surface area contributed by atoms with Crippen LogP contribution in [0.4, 0.5) is 23.7 Å². The van der Waals surface area contributed by atoms with Gasteiger partial charge in [0, 0.05) is 25.6 Å². The number of sulfonamides is 1. The third kappa shape index (κ3) is 8.14. The molecule has 0 bridgehead atoms. The number of amides is 3. The number of carbonyl (C=O) groups excluding carboxylic acids is 3. The highest BCUT2D eigenvalue weighted by molar-refractivity contribution is 7.92. The molecule has 47 heavy (non-hydrogen) atoms. The number of likely N-dealkylation sites (tertiary alicyclic amines) is 1. The van der Waals surface area contributed by atoms with Crippen LogP contribution >= 0.6 is 0 Å². The highest BCUT2D eigenvalue weighted by atomic mass is 32.2. The number of β-amino-alcohol motifs (C(OH)–C–C–N with tert-alkyl or cyclic N) is 1. The average molecular weight is 687 g/mol. The fraction of sp³-hybridized carbons (Fsp3) is 0.500. The van der Waals surface area contributed by atoms with Crippen LogP contribution < -0.4 is 19.5 Å². The van der Waals surface area contributed by atoms with Crippen LogP contribution in [0.5, 0.6) is 11.5 Å². The molecule has 2 heterocycles. The molecule has 3 amide bonds. The number of halogens is 3. The van der Waals surface area contributed by atoms with Gasteiger partial charge in [-0.2, -0.15) is 13.2 Å². The molecule has 2 aliphatic heterocycles. The maximum Gasteiger partial charge on any atom is 0.416 e. The third-order valence-corrected chi connectivity index (χ3v) is 9.63. The molecular formula is C30H37F3N4O9S. The van der Waals surface area contributed by atoms with Gasteiger partial charge in [0.05, 0.1) is 55.2 Å². The zero-order chi connectivity index (χ0) is 34.6. The van der Waals surface area contributed by atoms with Gasteiger partial charge in [0.1, 0.15) is 17.0 Å². The Labute approximate surface area is 269 Å². The van der Waals surface area contributed by atoms with Crippen molar-refractivity contribution in [3.05, 3.63) is 47.5 Å². The van der Waals surface area contributed by atoms with Crippen LogP contribution in [0, 0.1) is 0 Å². The zero-order valence-electron chi connectivity index (χ0n) is 25.8. The second-order valence-electron chi connectivity index (χ2n) is 11.4. The number of alkyl halides is 3. The fourth-order valence-electron chi connectivity index (χ4n) is 5.59. The van der Waals surface area contributed by atoms with Crippen molar-refractivity contribution in [3.8, 4) is 11.5 Å². The van der Waals surface area contributed by atoms with E-state index in [4.69, 9.17) is 14.6 Å². The molecular weight excluding hydrogens is 649 g/mol. The number of benzene rings is 2. The Morgan fingerprint density at radius 3 is 2.28 bits per heavy atom. The molecule has 0 radical (unpaired) electrons. The number of nitrogens with zero attached hydrogens (tertiary/aromatic N) is 2. The average Bonchev–Trinajstić information content (AvgIpc) is 3.26. The van der Waals surface area contributed by atoms with Crippen LogP contribution in [-0.4, -0.2) is 105 Å². The molecule has 1 unspecified atom stereocenters. The predicted octanol–water partition coefficient (Wildman–Crippen LogP) is 2.62. The molecule has 13 nitrogen and oxygen atoms in total. The first-order chi connectivity index (χ1) is 22.1. The van der Waals surface area contributed by atoms with E-state index in [0.29, 0.717) is 57.5 Å². The predicted molar refractivity (Wildman–Crippen MR) is 162 cm³/mol. The van der Waals surface area contributed by atoms with Gasteiger partial charge in [0.25, 0.3) is 15.9 Å². The van der Waals surface area contributed by atoms with Crippen LogP contribution in [0.3, 0.4) is 0 Å². The lowest BCUT2D eigenvalue weighted by Gasteiger charge is -2.37. The van der Waals surface area contributed by atoms with Crippen molar-refractivity contribution >= 4 is 33.4 Å². The van der Waals surface area contributed by atoms with Crippen LogP contribution in [-0.2, 0) is 21.0 Å². The van der Waals surface area contributed by atoms with Crippen LogP contribution in [0.15, 0.2) is 41.3 Å². The molecule has 2 saturated heterocycles. The van der Waals surface area contributed by atoms with Gasteiger partial charge < -0.3 is 29.9 Å². The molecule has 258 valence electrons. The van der Waals surface area contributed by atoms with Gasteiger partial charge >= 0.3 is 12.2 Å². The fourth-order valence-corrected chi connectivity index (χ4v) is 6.65. The summed E-state index contributed by atoms with van der Waals surface area (Å²) >= 11 is 0. The minimum Gasteiger partial charge on any atom is -0.496 e. The molecule has 2 aliphatic rings. The number of rotatable bonds is 14. The van der Waals surface area contributed by atoms with Crippen LogP contribution in [0.25, 0.3) is 0 Å². The number of urea groups is 1. The van der Waals surface area contributed by atoms with E-state index in [1.807, 2.05) is 0 Å². The Morgan fingerprint density at radius 2 is 1.70 bits per heavy atom. The van der Waals surface area contributed by atoms with E-state index in [9.17, 15) is 41.1 Å². The summed E-state index contributed by atoms with van der Waals surface area (Å²) in [7, 11) is -1.73. The molecule has 17 heteroatoms. The summed E-state index contributed by atoms with van der Waals surface area (Å²) in [5.41, 5.74) is -2.06. The lowest BCUT2D eigenvalue weighted by Crippen LogP contribution is -2.55. The quantitative estimate of drug-likeness (QED) is 0.131. The summed E-state index contributed by atoms with van der Waals surface area (Å²) in [5, 5.41) is 21.5. The van der Waals surface area contributed by atoms with Crippen molar-refractivity contribution < 1.29 is 55.7 Å². The maximum atomic E-state index is 13.2. The van der Waals surface area contributed by atoms with Gasteiger partial charge in [-0.25, -0.2) is 13.2 Å². The summed E-state index contributed by atoms with van der Waals surface area (Å²) < 4.78 is 77.7. The molecule has 0 aliphatic carbocycles. The van der Waals surface area contributed by atoms with E-state index in [2.05, 4.69) is 14.9 Å². The highest BCUT2D eigenvalue weighted by Gasteiger charge is 2.52. The number of hydrogen-bond donors (Lipinski definition) is 4. The molecule has 1 spiro atoms. The minimum absolute atomic E-state index is 0.0291. The number of imide groups is 1. The molecule has 2 fully saturated rings.